The van der Waals surface area contributed by atoms with Gasteiger partial charge in [-0.2, -0.15) is 0 Å². The second-order valence-corrected chi connectivity index (χ2v) is 5.99. The second-order valence-electron chi connectivity index (χ2n) is 5.99. The fourth-order valence-corrected chi connectivity index (χ4v) is 2.07. The molecule has 1 fully saturated rings. The zero-order valence-electron chi connectivity index (χ0n) is 12.9. The maximum absolute atomic E-state index is 5.62. The molecular formula is C15H31NO3. The fraction of sp³-hybridized carbons (Fsp3) is 1.00. The largest absolute Gasteiger partial charge is 0.382 e. The van der Waals surface area contributed by atoms with Crippen molar-refractivity contribution in [2.24, 2.45) is 11.3 Å². The molecule has 0 heterocycles. The molecule has 0 aromatic heterocycles. The van der Waals surface area contributed by atoms with Crippen molar-refractivity contribution < 1.29 is 14.2 Å². The van der Waals surface area contributed by atoms with Crippen molar-refractivity contribution in [3.05, 3.63) is 0 Å². The zero-order valence-corrected chi connectivity index (χ0v) is 12.9. The van der Waals surface area contributed by atoms with E-state index in [1.54, 1.807) is 7.11 Å². The maximum atomic E-state index is 5.62. The molecule has 0 radical (unpaired) electrons. The Labute approximate surface area is 118 Å². The molecule has 0 aliphatic heterocycles. The zero-order chi connectivity index (χ0) is 14.0. The molecule has 0 unspecified atom stereocenters. The molecule has 0 aromatic rings. The Morgan fingerprint density at radius 3 is 2.21 bits per heavy atom. The number of ether oxygens (including phenoxy) is 3. The van der Waals surface area contributed by atoms with Crippen molar-refractivity contribution in [2.45, 2.75) is 33.1 Å². The van der Waals surface area contributed by atoms with Crippen molar-refractivity contribution in [1.29, 1.82) is 0 Å². The van der Waals surface area contributed by atoms with E-state index in [0.29, 0.717) is 31.8 Å². The molecule has 1 N–H and O–H groups in total. The molecule has 0 saturated heterocycles. The summed E-state index contributed by atoms with van der Waals surface area (Å²) < 4.78 is 15.9. The number of rotatable bonds is 13. The number of hydrogen-bond donors (Lipinski definition) is 1. The average Bonchev–Trinajstić information content (AvgIpc) is 3.12. The Bertz CT molecular complexity index is 217. The van der Waals surface area contributed by atoms with Crippen LogP contribution in [-0.4, -0.2) is 53.2 Å². The Morgan fingerprint density at radius 2 is 1.63 bits per heavy atom. The third-order valence-electron chi connectivity index (χ3n) is 3.59. The molecule has 1 saturated carbocycles. The highest BCUT2D eigenvalue weighted by Gasteiger charge is 2.41. The van der Waals surface area contributed by atoms with Gasteiger partial charge in [0, 0.05) is 20.3 Å². The molecule has 0 bridgehead atoms. The van der Waals surface area contributed by atoms with Crippen LogP contribution in [0.15, 0.2) is 0 Å². The molecule has 0 spiro atoms. The third-order valence-corrected chi connectivity index (χ3v) is 3.59. The molecular weight excluding hydrogens is 242 g/mol. The molecule has 4 nitrogen and oxygen atoms in total. The van der Waals surface area contributed by atoms with E-state index in [0.717, 1.165) is 25.6 Å². The van der Waals surface area contributed by atoms with Crippen LogP contribution in [0.25, 0.3) is 0 Å². The van der Waals surface area contributed by atoms with Crippen LogP contribution < -0.4 is 5.32 Å². The normalized spacial score (nSPS) is 17.1. The minimum Gasteiger partial charge on any atom is -0.382 e. The molecule has 1 rings (SSSR count). The standard InChI is InChI=1S/C15H31NO3/c1-14(2)12-16-13-15(4-5-15)6-7-18-10-11-19-9-8-17-3/h14,16H,4-13H2,1-3H3. The van der Waals surface area contributed by atoms with E-state index in [1.807, 2.05) is 0 Å². The van der Waals surface area contributed by atoms with Crippen molar-refractivity contribution in [3.63, 3.8) is 0 Å². The van der Waals surface area contributed by atoms with E-state index in [-0.39, 0.29) is 0 Å². The predicted octanol–water partition coefficient (Wildman–Crippen LogP) is 2.08. The van der Waals surface area contributed by atoms with Gasteiger partial charge in [0.25, 0.3) is 0 Å². The van der Waals surface area contributed by atoms with Gasteiger partial charge in [0.2, 0.25) is 0 Å². The van der Waals surface area contributed by atoms with Crippen molar-refractivity contribution in [1.82, 2.24) is 5.32 Å². The van der Waals surface area contributed by atoms with Crippen molar-refractivity contribution in [3.8, 4) is 0 Å². The monoisotopic (exact) mass is 273 g/mol. The van der Waals surface area contributed by atoms with Crippen LogP contribution in [0.1, 0.15) is 33.1 Å². The molecule has 1 aliphatic rings. The second kappa shape index (κ2) is 9.70. The van der Waals surface area contributed by atoms with Crippen LogP contribution in [0.5, 0.6) is 0 Å². The maximum Gasteiger partial charge on any atom is 0.0701 e. The summed E-state index contributed by atoms with van der Waals surface area (Å²) in [5.41, 5.74) is 0.534. The van der Waals surface area contributed by atoms with Gasteiger partial charge in [-0.05, 0) is 37.1 Å². The first-order valence-corrected chi connectivity index (χ1v) is 7.54. The van der Waals surface area contributed by atoms with Gasteiger partial charge >= 0.3 is 0 Å². The lowest BCUT2D eigenvalue weighted by Crippen LogP contribution is -2.28. The van der Waals surface area contributed by atoms with Gasteiger partial charge in [-0.25, -0.2) is 0 Å². The first-order chi connectivity index (χ1) is 9.18. The number of nitrogens with one attached hydrogen (secondary N) is 1. The molecule has 19 heavy (non-hydrogen) atoms. The lowest BCUT2D eigenvalue weighted by molar-refractivity contribution is 0.0210. The average molecular weight is 273 g/mol. The lowest BCUT2D eigenvalue weighted by Gasteiger charge is -2.17. The molecule has 0 aromatic carbocycles. The summed E-state index contributed by atoms with van der Waals surface area (Å²) in [5.74, 6) is 0.733. The Morgan fingerprint density at radius 1 is 1.00 bits per heavy atom. The lowest BCUT2D eigenvalue weighted by atomic mass is 10.0. The highest BCUT2D eigenvalue weighted by molar-refractivity contribution is 4.94. The summed E-state index contributed by atoms with van der Waals surface area (Å²) in [4.78, 5) is 0. The van der Waals surface area contributed by atoms with Gasteiger partial charge in [0.15, 0.2) is 0 Å². The van der Waals surface area contributed by atoms with Crippen LogP contribution >= 0.6 is 0 Å². The minimum atomic E-state index is 0.534. The predicted molar refractivity (Wildman–Crippen MR) is 77.5 cm³/mol. The Hall–Kier alpha value is -0.160. The quantitative estimate of drug-likeness (QED) is 0.522. The molecule has 1 aliphatic carbocycles. The number of methoxy groups -OCH3 is 1. The van der Waals surface area contributed by atoms with Gasteiger partial charge in [-0.3, -0.25) is 0 Å². The van der Waals surface area contributed by atoms with Gasteiger partial charge in [0.05, 0.1) is 26.4 Å². The van der Waals surface area contributed by atoms with Crippen LogP contribution in [-0.2, 0) is 14.2 Å². The number of hydrogen-bond acceptors (Lipinski definition) is 4. The Kier molecular flexibility index (Phi) is 8.62. The fourth-order valence-electron chi connectivity index (χ4n) is 2.07. The van der Waals surface area contributed by atoms with E-state index in [1.165, 1.54) is 19.3 Å². The van der Waals surface area contributed by atoms with Gasteiger partial charge in [-0.1, -0.05) is 13.8 Å². The molecule has 4 heteroatoms. The summed E-state index contributed by atoms with van der Waals surface area (Å²) in [6.07, 6.45) is 3.88. The van der Waals surface area contributed by atoms with Crippen LogP contribution in [0, 0.1) is 11.3 Å². The van der Waals surface area contributed by atoms with Crippen LogP contribution in [0.3, 0.4) is 0 Å². The summed E-state index contributed by atoms with van der Waals surface area (Å²) >= 11 is 0. The molecule has 0 atom stereocenters. The highest BCUT2D eigenvalue weighted by Crippen LogP contribution is 2.48. The van der Waals surface area contributed by atoms with Gasteiger partial charge in [-0.15, -0.1) is 0 Å². The summed E-state index contributed by atoms with van der Waals surface area (Å²) in [5, 5.41) is 3.57. The smallest absolute Gasteiger partial charge is 0.0701 e. The van der Waals surface area contributed by atoms with E-state index in [4.69, 9.17) is 14.2 Å². The first-order valence-electron chi connectivity index (χ1n) is 7.54. The van der Waals surface area contributed by atoms with Gasteiger partial charge < -0.3 is 19.5 Å². The topological polar surface area (TPSA) is 39.7 Å². The summed E-state index contributed by atoms with van der Waals surface area (Å²) in [7, 11) is 1.68. The van der Waals surface area contributed by atoms with Crippen LogP contribution in [0.2, 0.25) is 0 Å². The van der Waals surface area contributed by atoms with E-state index in [2.05, 4.69) is 19.2 Å². The third kappa shape index (κ3) is 8.58. The van der Waals surface area contributed by atoms with E-state index < -0.39 is 0 Å². The van der Waals surface area contributed by atoms with E-state index in [9.17, 15) is 0 Å². The molecule has 0 amide bonds. The Balaban J connectivity index is 1.88. The van der Waals surface area contributed by atoms with E-state index >= 15 is 0 Å². The van der Waals surface area contributed by atoms with Crippen LogP contribution in [0.4, 0.5) is 0 Å². The van der Waals surface area contributed by atoms with Crippen molar-refractivity contribution in [2.75, 3.05) is 53.2 Å². The first kappa shape index (κ1) is 16.9. The molecule has 114 valence electrons. The summed E-state index contributed by atoms with van der Waals surface area (Å²) in [6, 6.07) is 0. The SMILES string of the molecule is COCCOCCOCCC1(CNCC(C)C)CC1. The minimum absolute atomic E-state index is 0.534. The summed E-state index contributed by atoms with van der Waals surface area (Å²) in [6.45, 7) is 10.3. The highest BCUT2D eigenvalue weighted by atomic mass is 16.5. The van der Waals surface area contributed by atoms with Gasteiger partial charge in [0.1, 0.15) is 0 Å². The van der Waals surface area contributed by atoms with Crippen molar-refractivity contribution >= 4 is 0 Å².